The molecule has 0 radical (unpaired) electrons. The number of rotatable bonds is 4. The van der Waals surface area contributed by atoms with Crippen LogP contribution in [-0.2, 0) is 11.2 Å². The summed E-state index contributed by atoms with van der Waals surface area (Å²) in [5.74, 6) is -0.319. The summed E-state index contributed by atoms with van der Waals surface area (Å²) < 4.78 is 0. The van der Waals surface area contributed by atoms with Gasteiger partial charge in [0.2, 0.25) is 11.8 Å². The van der Waals surface area contributed by atoms with Crippen molar-refractivity contribution in [3.8, 4) is 0 Å². The normalized spacial score (nSPS) is 14.2. The van der Waals surface area contributed by atoms with Crippen LogP contribution in [0, 0.1) is 0 Å². The van der Waals surface area contributed by atoms with Crippen LogP contribution < -0.4 is 16.0 Å². The Bertz CT molecular complexity index is 809. The van der Waals surface area contributed by atoms with Crippen molar-refractivity contribution in [2.24, 2.45) is 5.73 Å². The molecule has 2 amide bonds. The van der Waals surface area contributed by atoms with Crippen LogP contribution in [0.2, 0.25) is 5.02 Å². The molecule has 1 aliphatic rings. The lowest BCUT2D eigenvalue weighted by atomic mass is 10.2. The first-order chi connectivity index (χ1) is 11.5. The van der Waals surface area contributed by atoms with Gasteiger partial charge in [-0.05, 0) is 31.0 Å². The number of nitrogens with two attached hydrogens (primary N) is 1. The first-order valence-corrected chi connectivity index (χ1v) is 7.96. The van der Waals surface area contributed by atoms with Crippen molar-refractivity contribution < 1.29 is 9.59 Å². The standard InChI is InChI=1S/C17H17ClN4O2/c1-10(21-16-13(18)8-12(9-20-16)15(19)23)17(24)22-7-6-11-4-2-3-5-14(11)22/h2-5,8-10H,6-7H2,1H3,(H2,19,23)(H,20,21). The molecule has 0 saturated heterocycles. The Labute approximate surface area is 144 Å². The van der Waals surface area contributed by atoms with E-state index in [4.69, 9.17) is 17.3 Å². The number of hydrogen-bond acceptors (Lipinski definition) is 4. The van der Waals surface area contributed by atoms with Gasteiger partial charge in [0, 0.05) is 18.4 Å². The number of benzene rings is 1. The molecule has 2 aromatic rings. The van der Waals surface area contributed by atoms with Gasteiger partial charge in [0.1, 0.15) is 11.9 Å². The maximum absolute atomic E-state index is 12.7. The van der Waals surface area contributed by atoms with Crippen molar-refractivity contribution in [2.75, 3.05) is 16.8 Å². The van der Waals surface area contributed by atoms with Gasteiger partial charge < -0.3 is 16.0 Å². The van der Waals surface area contributed by atoms with Gasteiger partial charge >= 0.3 is 0 Å². The summed E-state index contributed by atoms with van der Waals surface area (Å²) in [6, 6.07) is 8.78. The van der Waals surface area contributed by atoms with Crippen molar-refractivity contribution in [1.29, 1.82) is 0 Å². The Balaban J connectivity index is 1.75. The fraction of sp³-hybridized carbons (Fsp3) is 0.235. The van der Waals surface area contributed by atoms with Gasteiger partial charge in [-0.15, -0.1) is 0 Å². The predicted octanol–water partition coefficient (Wildman–Crippen LogP) is 2.22. The Morgan fingerprint density at radius 3 is 2.83 bits per heavy atom. The number of pyridine rings is 1. The molecule has 24 heavy (non-hydrogen) atoms. The zero-order chi connectivity index (χ0) is 17.3. The molecule has 3 N–H and O–H groups in total. The van der Waals surface area contributed by atoms with Gasteiger partial charge in [-0.25, -0.2) is 4.98 Å². The van der Waals surface area contributed by atoms with Crippen LogP contribution in [0.25, 0.3) is 0 Å². The third-order valence-corrected chi connectivity index (χ3v) is 4.29. The Hall–Kier alpha value is -2.60. The third kappa shape index (κ3) is 3.05. The number of carbonyl (C=O) groups excluding carboxylic acids is 2. The van der Waals surface area contributed by atoms with Gasteiger partial charge in [0.25, 0.3) is 0 Å². The maximum Gasteiger partial charge on any atom is 0.250 e. The Morgan fingerprint density at radius 2 is 2.12 bits per heavy atom. The highest BCUT2D eigenvalue weighted by Crippen LogP contribution is 2.28. The SMILES string of the molecule is CC(Nc1ncc(C(N)=O)cc1Cl)C(=O)N1CCc2ccccc21. The molecular weight excluding hydrogens is 328 g/mol. The molecule has 124 valence electrons. The fourth-order valence-electron chi connectivity index (χ4n) is 2.75. The molecule has 6 nitrogen and oxygen atoms in total. The van der Waals surface area contributed by atoms with Gasteiger partial charge in [-0.2, -0.15) is 0 Å². The molecule has 1 unspecified atom stereocenters. The van der Waals surface area contributed by atoms with Crippen LogP contribution >= 0.6 is 11.6 Å². The number of halogens is 1. The molecule has 0 fully saturated rings. The highest BCUT2D eigenvalue weighted by Gasteiger charge is 2.28. The van der Waals surface area contributed by atoms with Crippen molar-refractivity contribution >= 4 is 34.9 Å². The molecule has 0 spiro atoms. The lowest BCUT2D eigenvalue weighted by Gasteiger charge is -2.23. The molecule has 1 aromatic heterocycles. The van der Waals surface area contributed by atoms with E-state index in [2.05, 4.69) is 10.3 Å². The maximum atomic E-state index is 12.7. The molecule has 1 aliphatic heterocycles. The fourth-order valence-corrected chi connectivity index (χ4v) is 2.97. The van der Waals surface area contributed by atoms with Crippen LogP contribution in [0.5, 0.6) is 0 Å². The lowest BCUT2D eigenvalue weighted by molar-refractivity contribution is -0.118. The molecule has 0 saturated carbocycles. The summed E-state index contributed by atoms with van der Waals surface area (Å²) in [5, 5.41) is 3.24. The quantitative estimate of drug-likeness (QED) is 0.890. The molecule has 0 aliphatic carbocycles. The van der Waals surface area contributed by atoms with E-state index in [1.54, 1.807) is 11.8 Å². The van der Waals surface area contributed by atoms with E-state index in [9.17, 15) is 9.59 Å². The van der Waals surface area contributed by atoms with Crippen LogP contribution in [0.1, 0.15) is 22.8 Å². The molecular formula is C17H17ClN4O2. The van der Waals surface area contributed by atoms with Gasteiger partial charge in [0.15, 0.2) is 0 Å². The average Bonchev–Trinajstić information content (AvgIpc) is 2.99. The van der Waals surface area contributed by atoms with E-state index in [1.807, 2.05) is 24.3 Å². The predicted molar refractivity (Wildman–Crippen MR) is 93.3 cm³/mol. The van der Waals surface area contributed by atoms with E-state index in [1.165, 1.54) is 17.8 Å². The van der Waals surface area contributed by atoms with E-state index in [0.717, 1.165) is 12.1 Å². The highest BCUT2D eigenvalue weighted by molar-refractivity contribution is 6.33. The number of fused-ring (bicyclic) bond motifs is 1. The van der Waals surface area contributed by atoms with Gasteiger partial charge in [-0.3, -0.25) is 9.59 Å². The third-order valence-electron chi connectivity index (χ3n) is 4.00. The van der Waals surface area contributed by atoms with E-state index >= 15 is 0 Å². The van der Waals surface area contributed by atoms with E-state index in [-0.39, 0.29) is 16.5 Å². The molecule has 1 atom stereocenters. The zero-order valence-electron chi connectivity index (χ0n) is 13.1. The Morgan fingerprint density at radius 1 is 1.38 bits per heavy atom. The van der Waals surface area contributed by atoms with Crippen molar-refractivity contribution in [3.05, 3.63) is 52.7 Å². The topological polar surface area (TPSA) is 88.3 Å². The van der Waals surface area contributed by atoms with Crippen molar-refractivity contribution in [2.45, 2.75) is 19.4 Å². The minimum Gasteiger partial charge on any atom is -0.366 e. The van der Waals surface area contributed by atoms with Gasteiger partial charge in [-0.1, -0.05) is 29.8 Å². The number of carbonyl (C=O) groups is 2. The molecule has 7 heteroatoms. The number of amides is 2. The largest absolute Gasteiger partial charge is 0.366 e. The number of primary amides is 1. The summed E-state index contributed by atoms with van der Waals surface area (Å²) in [4.78, 5) is 29.7. The Kier molecular flexibility index (Phi) is 4.40. The first-order valence-electron chi connectivity index (χ1n) is 7.58. The average molecular weight is 345 g/mol. The highest BCUT2D eigenvalue weighted by atomic mass is 35.5. The van der Waals surface area contributed by atoms with E-state index in [0.29, 0.717) is 12.4 Å². The summed E-state index contributed by atoms with van der Waals surface area (Å²) >= 11 is 6.11. The first kappa shape index (κ1) is 16.3. The van der Waals surface area contributed by atoms with Crippen molar-refractivity contribution in [3.63, 3.8) is 0 Å². The van der Waals surface area contributed by atoms with Crippen LogP contribution in [-0.4, -0.2) is 29.4 Å². The number of para-hydroxylation sites is 1. The summed E-state index contributed by atoms with van der Waals surface area (Å²) in [6.45, 7) is 2.41. The molecule has 0 bridgehead atoms. The van der Waals surface area contributed by atoms with E-state index < -0.39 is 11.9 Å². The van der Waals surface area contributed by atoms with Crippen molar-refractivity contribution in [1.82, 2.24) is 4.98 Å². The summed E-state index contributed by atoms with van der Waals surface area (Å²) in [5.41, 5.74) is 7.52. The number of anilines is 2. The second kappa shape index (κ2) is 6.49. The van der Waals surface area contributed by atoms with Crippen LogP contribution in [0.15, 0.2) is 36.5 Å². The van der Waals surface area contributed by atoms with Crippen LogP contribution in [0.3, 0.4) is 0 Å². The number of aromatic nitrogens is 1. The summed E-state index contributed by atoms with van der Waals surface area (Å²) in [7, 11) is 0. The smallest absolute Gasteiger partial charge is 0.250 e. The van der Waals surface area contributed by atoms with Gasteiger partial charge in [0.05, 0.1) is 10.6 Å². The second-order valence-electron chi connectivity index (χ2n) is 5.65. The minimum atomic E-state index is -0.603. The zero-order valence-corrected chi connectivity index (χ0v) is 13.9. The van der Waals surface area contributed by atoms with Crippen LogP contribution in [0.4, 0.5) is 11.5 Å². The lowest BCUT2D eigenvalue weighted by Crippen LogP contribution is -2.40. The monoisotopic (exact) mass is 344 g/mol. The minimum absolute atomic E-state index is 0.0585. The summed E-state index contributed by atoms with van der Waals surface area (Å²) in [6.07, 6.45) is 2.18. The molecule has 3 rings (SSSR count). The number of nitrogens with zero attached hydrogens (tertiary/aromatic N) is 2. The molecule has 2 heterocycles. The number of hydrogen-bond donors (Lipinski definition) is 2. The number of nitrogens with one attached hydrogen (secondary N) is 1. The second-order valence-corrected chi connectivity index (χ2v) is 6.06. The molecule has 1 aromatic carbocycles.